The number of nitrogens with one attached hydrogen (secondary N) is 1. The number of hydrogen-bond donors (Lipinski definition) is 10. The maximum atomic E-state index is 16.2. The highest BCUT2D eigenvalue weighted by Gasteiger charge is 2.52. The van der Waals surface area contributed by atoms with Crippen LogP contribution in [0.2, 0.25) is 0 Å². The van der Waals surface area contributed by atoms with E-state index in [1.165, 1.54) is 0 Å². The molecule has 1 saturated carbocycles. The average Bonchev–Trinajstić information content (AvgIpc) is 2.89. The number of aliphatic hydroxyl groups is 4. The van der Waals surface area contributed by atoms with Gasteiger partial charge in [-0.15, -0.1) is 0 Å². The van der Waals surface area contributed by atoms with E-state index >= 15 is 4.39 Å². The Hall–Kier alpha value is -1.12. The van der Waals surface area contributed by atoms with Gasteiger partial charge in [0.05, 0.1) is 30.8 Å². The van der Waals surface area contributed by atoms with Crippen LogP contribution in [0.1, 0.15) is 25.7 Å². The van der Waals surface area contributed by atoms with Crippen LogP contribution in [0.25, 0.3) is 0 Å². The molecular weight excluding hydrogens is 511 g/mol. The summed E-state index contributed by atoms with van der Waals surface area (Å²) in [5.41, 5.74) is 29.4. The van der Waals surface area contributed by atoms with Gasteiger partial charge in [-0.1, -0.05) is 0 Å². The van der Waals surface area contributed by atoms with Crippen LogP contribution in [-0.2, 0) is 23.7 Å². The topological polar surface area (TPSA) is 277 Å². The molecule has 14 atom stereocenters. The van der Waals surface area contributed by atoms with Gasteiger partial charge in [-0.2, -0.15) is 0 Å². The lowest BCUT2D eigenvalue weighted by atomic mass is 9.84. The molecule has 0 unspecified atom stereocenters. The molecule has 3 fully saturated rings. The van der Waals surface area contributed by atoms with E-state index in [0.29, 0.717) is 12.8 Å². The smallest absolute Gasteiger partial charge is 0.249 e. The fourth-order valence-electron chi connectivity index (χ4n) is 4.98. The molecule has 0 aromatic heterocycles. The first-order valence-electron chi connectivity index (χ1n) is 12.9. The minimum atomic E-state index is -2.00. The lowest BCUT2D eigenvalue weighted by molar-refractivity contribution is -0.308. The molecule has 15 nitrogen and oxygen atoms in total. The van der Waals surface area contributed by atoms with Crippen LogP contribution in [0.3, 0.4) is 0 Å². The van der Waals surface area contributed by atoms with E-state index in [2.05, 4.69) is 5.32 Å². The average molecular weight is 555 g/mol. The Morgan fingerprint density at radius 2 is 1.71 bits per heavy atom. The Balaban J connectivity index is 1.82. The highest BCUT2D eigenvalue weighted by atomic mass is 19.1. The van der Waals surface area contributed by atoms with Crippen molar-refractivity contribution in [1.29, 1.82) is 0 Å². The van der Waals surface area contributed by atoms with Crippen LogP contribution in [-0.4, -0.2) is 132 Å². The van der Waals surface area contributed by atoms with E-state index in [1.807, 2.05) is 0 Å². The predicted molar refractivity (Wildman–Crippen MR) is 130 cm³/mol. The number of hydrogen-bond acceptors (Lipinski definition) is 14. The van der Waals surface area contributed by atoms with Crippen molar-refractivity contribution in [2.24, 2.45) is 28.7 Å². The minimum absolute atomic E-state index is 0.0322. The molecular formula is C22H43FN6O9. The molecule has 15 N–H and O–H groups in total. The van der Waals surface area contributed by atoms with Gasteiger partial charge in [0.15, 0.2) is 18.8 Å². The van der Waals surface area contributed by atoms with Crippen molar-refractivity contribution in [2.75, 3.05) is 19.7 Å². The summed E-state index contributed by atoms with van der Waals surface area (Å²) >= 11 is 0. The molecule has 3 aliphatic rings. The van der Waals surface area contributed by atoms with E-state index in [0.717, 1.165) is 0 Å². The van der Waals surface area contributed by atoms with Gasteiger partial charge in [0.2, 0.25) is 5.91 Å². The summed E-state index contributed by atoms with van der Waals surface area (Å²) in [5, 5.41) is 42.8. The first-order valence-corrected chi connectivity index (χ1v) is 12.9. The highest BCUT2D eigenvalue weighted by molar-refractivity contribution is 5.80. The van der Waals surface area contributed by atoms with Gasteiger partial charge in [-0.25, -0.2) is 4.39 Å². The van der Waals surface area contributed by atoms with E-state index in [4.69, 9.17) is 47.6 Å². The summed E-state index contributed by atoms with van der Waals surface area (Å²) in [4.78, 5) is 12.5. The number of nitrogens with two attached hydrogens (primary N) is 5. The number of aliphatic hydroxyl groups excluding tert-OH is 4. The number of carbonyl (C=O) groups excluding carboxylic acids is 1. The Morgan fingerprint density at radius 3 is 2.34 bits per heavy atom. The Bertz CT molecular complexity index is 760. The second-order valence-electron chi connectivity index (χ2n) is 10.1. The monoisotopic (exact) mass is 554 g/mol. The van der Waals surface area contributed by atoms with E-state index in [9.17, 15) is 25.2 Å². The second-order valence-corrected chi connectivity index (χ2v) is 10.1. The molecule has 2 aliphatic heterocycles. The molecule has 1 aliphatic carbocycles. The van der Waals surface area contributed by atoms with Gasteiger partial charge >= 0.3 is 0 Å². The summed E-state index contributed by atoms with van der Waals surface area (Å²) in [6.45, 7) is -0.383. The van der Waals surface area contributed by atoms with Crippen LogP contribution in [0.15, 0.2) is 0 Å². The number of carbonyl (C=O) groups is 1. The third-order valence-electron chi connectivity index (χ3n) is 7.32. The summed E-state index contributed by atoms with van der Waals surface area (Å²) < 4.78 is 39.1. The highest BCUT2D eigenvalue weighted by Crippen LogP contribution is 2.33. The van der Waals surface area contributed by atoms with Crippen molar-refractivity contribution >= 4 is 5.91 Å². The minimum Gasteiger partial charge on any atom is -0.394 e. The van der Waals surface area contributed by atoms with Crippen molar-refractivity contribution in [3.63, 3.8) is 0 Å². The van der Waals surface area contributed by atoms with E-state index in [1.54, 1.807) is 0 Å². The fraction of sp³-hybridized carbons (Fsp3) is 0.955. The second kappa shape index (κ2) is 14.0. The predicted octanol–water partition coefficient (Wildman–Crippen LogP) is -5.42. The first kappa shape index (κ1) is 31.4. The molecule has 38 heavy (non-hydrogen) atoms. The lowest BCUT2D eigenvalue weighted by Crippen LogP contribution is -2.68. The van der Waals surface area contributed by atoms with Gasteiger partial charge in [0, 0.05) is 12.6 Å². The fourth-order valence-corrected chi connectivity index (χ4v) is 4.98. The molecule has 222 valence electrons. The summed E-state index contributed by atoms with van der Waals surface area (Å²) in [6, 6.07) is -3.89. The molecule has 16 heteroatoms. The van der Waals surface area contributed by atoms with Crippen LogP contribution < -0.4 is 34.0 Å². The summed E-state index contributed by atoms with van der Waals surface area (Å²) in [5.74, 6) is -0.818. The van der Waals surface area contributed by atoms with Crippen molar-refractivity contribution in [2.45, 2.75) is 111 Å². The van der Waals surface area contributed by atoms with Crippen LogP contribution in [0, 0.1) is 0 Å². The van der Waals surface area contributed by atoms with Crippen molar-refractivity contribution in [3.05, 3.63) is 0 Å². The third kappa shape index (κ3) is 7.14. The van der Waals surface area contributed by atoms with Crippen LogP contribution >= 0.6 is 0 Å². The number of rotatable bonds is 10. The van der Waals surface area contributed by atoms with Gasteiger partial charge < -0.3 is 73.4 Å². The standard InChI is InChI=1S/C22H43FN6O9/c23-14-18(37-21-9(26)2-1-8(6-25)35-21)10(27)5-11(29-20(34)12(31)3-4-24)19(14)38-22-17(33)15(28)16(32)13(7-30)36-22/h8-19,21-22,30-33H,1-7,24-28H2,(H,29,34)/t8-,9+,10-,11+,12-,13+,14-,15-,16+,17+,18+,19-,21+,22+/m0/s1. The number of halogens is 1. The molecule has 0 bridgehead atoms. The van der Waals surface area contributed by atoms with Gasteiger partial charge in [-0.3, -0.25) is 4.79 Å². The van der Waals surface area contributed by atoms with Crippen LogP contribution in [0.5, 0.6) is 0 Å². The van der Waals surface area contributed by atoms with Crippen molar-refractivity contribution < 1.29 is 48.6 Å². The molecule has 2 saturated heterocycles. The van der Waals surface area contributed by atoms with Gasteiger partial charge in [0.1, 0.15) is 36.6 Å². The lowest BCUT2D eigenvalue weighted by Gasteiger charge is -2.47. The molecule has 2 heterocycles. The van der Waals surface area contributed by atoms with Crippen LogP contribution in [0.4, 0.5) is 4.39 Å². The molecule has 0 aromatic rings. The Kier molecular flexibility index (Phi) is 11.6. The number of amides is 1. The summed E-state index contributed by atoms with van der Waals surface area (Å²) in [7, 11) is 0. The molecule has 0 radical (unpaired) electrons. The molecule has 1 amide bonds. The molecule has 3 rings (SSSR count). The molecule has 0 aromatic carbocycles. The largest absolute Gasteiger partial charge is 0.394 e. The zero-order valence-corrected chi connectivity index (χ0v) is 21.1. The maximum Gasteiger partial charge on any atom is 0.249 e. The zero-order valence-electron chi connectivity index (χ0n) is 21.1. The zero-order chi connectivity index (χ0) is 28.1. The number of alkyl halides is 1. The molecule has 0 spiro atoms. The van der Waals surface area contributed by atoms with E-state index in [-0.39, 0.29) is 32.0 Å². The Labute approximate surface area is 220 Å². The normalized spacial score (nSPS) is 44.9. The SMILES string of the molecule is NCC[C@H](O)C(=O)N[C@@H]1C[C@H](N)[C@@H](O[C@H]2O[C@H](CN)CC[C@H]2N)[C@H](F)[C@H]1O[C@H]1O[C@H](CO)[C@@H](O)[C@H](N)[C@H]1O. The van der Waals surface area contributed by atoms with Crippen molar-refractivity contribution in [1.82, 2.24) is 5.32 Å². The first-order chi connectivity index (χ1) is 18.0. The third-order valence-corrected chi connectivity index (χ3v) is 7.32. The maximum absolute atomic E-state index is 16.2. The summed E-state index contributed by atoms with van der Waals surface area (Å²) in [6.07, 6.45) is -12.3. The van der Waals surface area contributed by atoms with Gasteiger partial charge in [0.25, 0.3) is 0 Å². The van der Waals surface area contributed by atoms with Gasteiger partial charge in [-0.05, 0) is 32.2 Å². The quantitative estimate of drug-likeness (QED) is 0.121. The van der Waals surface area contributed by atoms with Crippen molar-refractivity contribution in [3.8, 4) is 0 Å². The number of ether oxygens (including phenoxy) is 4. The Morgan fingerprint density at radius 1 is 1.03 bits per heavy atom. The van der Waals surface area contributed by atoms with E-state index < -0.39 is 92.1 Å².